The first kappa shape index (κ1) is 23.7. The van der Waals surface area contributed by atoms with Crippen LogP contribution in [0.5, 0.6) is 11.5 Å². The van der Waals surface area contributed by atoms with Crippen LogP contribution in [0.25, 0.3) is 0 Å². The Bertz CT molecular complexity index is 989. The zero-order chi connectivity index (χ0) is 23.1. The van der Waals surface area contributed by atoms with Gasteiger partial charge in [0, 0.05) is 24.6 Å². The van der Waals surface area contributed by atoms with Crippen LogP contribution in [-0.4, -0.2) is 49.3 Å². The van der Waals surface area contributed by atoms with Crippen LogP contribution >= 0.6 is 15.9 Å². The second-order valence-corrected chi connectivity index (χ2v) is 8.30. The van der Waals surface area contributed by atoms with Gasteiger partial charge in [0.25, 0.3) is 5.69 Å². The van der Waals surface area contributed by atoms with Crippen LogP contribution < -0.4 is 14.9 Å². The summed E-state index contributed by atoms with van der Waals surface area (Å²) in [5, 5.41) is 14.8. The van der Waals surface area contributed by atoms with Crippen molar-refractivity contribution in [3.05, 3.63) is 62.1 Å². The minimum Gasteiger partial charge on any atom is -0.493 e. The normalized spacial score (nSPS) is 15.0. The Balaban J connectivity index is 1.48. The number of carbonyl (C=O) groups excluding carboxylic acids is 1. The van der Waals surface area contributed by atoms with Gasteiger partial charge in [-0.3, -0.25) is 19.8 Å². The van der Waals surface area contributed by atoms with Crippen molar-refractivity contribution in [2.24, 2.45) is 11.0 Å². The van der Waals surface area contributed by atoms with Gasteiger partial charge in [0.15, 0.2) is 11.5 Å². The Morgan fingerprint density at radius 1 is 1.25 bits per heavy atom. The lowest BCUT2D eigenvalue weighted by Crippen LogP contribution is -2.39. The van der Waals surface area contributed by atoms with E-state index in [1.807, 2.05) is 6.07 Å². The Kier molecular flexibility index (Phi) is 8.18. The molecule has 0 spiro atoms. The van der Waals surface area contributed by atoms with Gasteiger partial charge in [-0.05, 0) is 65.1 Å². The number of non-ortho nitro benzene ring substituents is 1. The lowest BCUT2D eigenvalue weighted by Gasteiger charge is -2.30. The number of amides is 1. The summed E-state index contributed by atoms with van der Waals surface area (Å²) in [6.07, 6.45) is 3.03. The standard InChI is InChI=1S/C22H25BrN4O5/c1-31-20-12-16(11-19(23)21(20)32-2)13-24-25-22(28)17-7-9-26(10-8-17)14-15-3-5-18(6-4-15)27(29)30/h3-6,11-13,17H,7-10,14H2,1-2H3,(H,25,28). The molecule has 3 rings (SSSR count). The number of hydrazone groups is 1. The second kappa shape index (κ2) is 11.1. The van der Waals surface area contributed by atoms with Gasteiger partial charge in [-0.2, -0.15) is 5.10 Å². The largest absolute Gasteiger partial charge is 0.493 e. The Morgan fingerprint density at radius 2 is 1.94 bits per heavy atom. The number of likely N-dealkylation sites (tertiary alicyclic amines) is 1. The van der Waals surface area contributed by atoms with Crippen molar-refractivity contribution in [2.45, 2.75) is 19.4 Å². The molecule has 1 amide bonds. The molecule has 1 heterocycles. The lowest BCUT2D eigenvalue weighted by molar-refractivity contribution is -0.384. The summed E-state index contributed by atoms with van der Waals surface area (Å²) in [5.41, 5.74) is 4.49. The number of nitrogens with zero attached hydrogens (tertiary/aromatic N) is 3. The van der Waals surface area contributed by atoms with Crippen LogP contribution in [0.2, 0.25) is 0 Å². The van der Waals surface area contributed by atoms with E-state index < -0.39 is 4.92 Å². The summed E-state index contributed by atoms with van der Waals surface area (Å²) in [4.78, 5) is 25.1. The predicted octanol–water partition coefficient (Wildman–Crippen LogP) is 3.74. The molecule has 1 aliphatic rings. The topological polar surface area (TPSA) is 106 Å². The number of nitrogens with one attached hydrogen (secondary N) is 1. The van der Waals surface area contributed by atoms with Crippen molar-refractivity contribution in [3.63, 3.8) is 0 Å². The van der Waals surface area contributed by atoms with Gasteiger partial charge in [0.1, 0.15) is 0 Å². The molecule has 0 bridgehead atoms. The van der Waals surface area contributed by atoms with E-state index in [-0.39, 0.29) is 17.5 Å². The predicted molar refractivity (Wildman–Crippen MR) is 124 cm³/mol. The molecule has 1 saturated heterocycles. The third kappa shape index (κ3) is 6.04. The molecule has 0 atom stereocenters. The molecule has 0 radical (unpaired) electrons. The number of nitro groups is 1. The fraction of sp³-hybridized carbons (Fsp3) is 0.364. The van der Waals surface area contributed by atoms with Crippen molar-refractivity contribution in [2.75, 3.05) is 27.3 Å². The van der Waals surface area contributed by atoms with Crippen LogP contribution in [0.3, 0.4) is 0 Å². The van der Waals surface area contributed by atoms with Crippen molar-refractivity contribution < 1.29 is 19.2 Å². The summed E-state index contributed by atoms with van der Waals surface area (Å²) < 4.78 is 11.3. The summed E-state index contributed by atoms with van der Waals surface area (Å²) in [7, 11) is 3.12. The highest BCUT2D eigenvalue weighted by atomic mass is 79.9. The first-order chi connectivity index (χ1) is 15.4. The number of benzene rings is 2. The number of nitro benzene ring substituents is 1. The number of methoxy groups -OCH3 is 2. The number of carbonyl (C=O) groups is 1. The van der Waals surface area contributed by atoms with E-state index in [4.69, 9.17) is 9.47 Å². The average molecular weight is 505 g/mol. The van der Waals surface area contributed by atoms with E-state index in [0.717, 1.165) is 41.5 Å². The quantitative estimate of drug-likeness (QED) is 0.333. The number of hydrogen-bond acceptors (Lipinski definition) is 7. The molecule has 1 fully saturated rings. The third-order valence-corrected chi connectivity index (χ3v) is 5.95. The Morgan fingerprint density at radius 3 is 2.53 bits per heavy atom. The van der Waals surface area contributed by atoms with Gasteiger partial charge in [-0.15, -0.1) is 0 Å². The van der Waals surface area contributed by atoms with Gasteiger partial charge in [-0.25, -0.2) is 5.43 Å². The first-order valence-corrected chi connectivity index (χ1v) is 10.9. The average Bonchev–Trinajstić information content (AvgIpc) is 2.79. The highest BCUT2D eigenvalue weighted by Gasteiger charge is 2.25. The maximum Gasteiger partial charge on any atom is 0.269 e. The lowest BCUT2D eigenvalue weighted by atomic mass is 9.96. The number of piperidine rings is 1. The maximum atomic E-state index is 12.5. The third-order valence-electron chi connectivity index (χ3n) is 5.36. The van der Waals surface area contributed by atoms with E-state index >= 15 is 0 Å². The minimum absolute atomic E-state index is 0.0881. The number of hydrogen-bond donors (Lipinski definition) is 1. The minimum atomic E-state index is -0.402. The van der Waals surface area contributed by atoms with Crippen LogP contribution in [0.1, 0.15) is 24.0 Å². The highest BCUT2D eigenvalue weighted by molar-refractivity contribution is 9.10. The molecule has 0 unspecified atom stereocenters. The molecule has 0 aliphatic carbocycles. The Hall–Kier alpha value is -2.98. The fourth-order valence-electron chi connectivity index (χ4n) is 3.61. The van der Waals surface area contributed by atoms with E-state index in [1.165, 1.54) is 12.1 Å². The molecule has 0 saturated carbocycles. The molecule has 9 nitrogen and oxygen atoms in total. The van der Waals surface area contributed by atoms with E-state index in [0.29, 0.717) is 18.0 Å². The molecule has 32 heavy (non-hydrogen) atoms. The molecule has 170 valence electrons. The molecule has 2 aromatic carbocycles. The number of ether oxygens (including phenoxy) is 2. The van der Waals surface area contributed by atoms with Gasteiger partial charge < -0.3 is 9.47 Å². The van der Waals surface area contributed by atoms with Gasteiger partial charge >= 0.3 is 0 Å². The van der Waals surface area contributed by atoms with Crippen LogP contribution in [-0.2, 0) is 11.3 Å². The zero-order valence-electron chi connectivity index (χ0n) is 17.9. The van der Waals surface area contributed by atoms with Gasteiger partial charge in [-0.1, -0.05) is 12.1 Å². The molecular weight excluding hydrogens is 480 g/mol. The Labute approximate surface area is 194 Å². The molecule has 1 aliphatic heterocycles. The smallest absolute Gasteiger partial charge is 0.269 e. The van der Waals surface area contributed by atoms with Crippen LogP contribution in [0.15, 0.2) is 46.0 Å². The summed E-state index contributed by atoms with van der Waals surface area (Å²) >= 11 is 3.43. The zero-order valence-corrected chi connectivity index (χ0v) is 19.5. The summed E-state index contributed by atoms with van der Waals surface area (Å²) in [6, 6.07) is 10.2. The SMILES string of the molecule is COc1cc(C=NNC(=O)C2CCN(Cc3ccc([N+](=O)[O-])cc3)CC2)cc(Br)c1OC. The van der Waals surface area contributed by atoms with Crippen LogP contribution in [0, 0.1) is 16.0 Å². The van der Waals surface area contributed by atoms with Crippen molar-refractivity contribution in [1.29, 1.82) is 0 Å². The molecule has 10 heteroatoms. The van der Waals surface area contributed by atoms with Gasteiger partial charge in [0.2, 0.25) is 5.91 Å². The van der Waals surface area contributed by atoms with Crippen molar-refractivity contribution in [3.8, 4) is 11.5 Å². The molecular formula is C22H25BrN4O5. The van der Waals surface area contributed by atoms with E-state index in [2.05, 4.69) is 31.4 Å². The first-order valence-electron chi connectivity index (χ1n) is 10.1. The number of halogens is 1. The van der Waals surface area contributed by atoms with Crippen molar-refractivity contribution in [1.82, 2.24) is 10.3 Å². The molecule has 2 aromatic rings. The monoisotopic (exact) mass is 504 g/mol. The summed E-state index contributed by atoms with van der Waals surface area (Å²) in [5.74, 6) is 0.956. The molecule has 0 aromatic heterocycles. The van der Waals surface area contributed by atoms with Crippen LogP contribution in [0.4, 0.5) is 5.69 Å². The van der Waals surface area contributed by atoms with Gasteiger partial charge in [0.05, 0.1) is 29.8 Å². The number of rotatable bonds is 8. The van der Waals surface area contributed by atoms with Crippen molar-refractivity contribution >= 4 is 33.7 Å². The van der Waals surface area contributed by atoms with E-state index in [1.54, 1.807) is 38.6 Å². The van der Waals surface area contributed by atoms with E-state index in [9.17, 15) is 14.9 Å². The second-order valence-electron chi connectivity index (χ2n) is 7.45. The maximum absolute atomic E-state index is 12.5. The molecule has 1 N–H and O–H groups in total. The summed E-state index contributed by atoms with van der Waals surface area (Å²) in [6.45, 7) is 2.27. The fourth-order valence-corrected chi connectivity index (χ4v) is 4.23. The highest BCUT2D eigenvalue weighted by Crippen LogP contribution is 2.35.